The zero-order valence-corrected chi connectivity index (χ0v) is 11.5. The van der Waals surface area contributed by atoms with Crippen molar-refractivity contribution in [3.63, 3.8) is 0 Å². The predicted molar refractivity (Wildman–Crippen MR) is 72.8 cm³/mol. The molecule has 6 heteroatoms. The van der Waals surface area contributed by atoms with Gasteiger partial charge in [-0.3, -0.25) is 9.59 Å². The van der Waals surface area contributed by atoms with E-state index in [1.807, 2.05) is 0 Å². The minimum Gasteiger partial charge on any atom is -0.508 e. The number of carboxylic acid groups (broad SMARTS) is 1. The molecule has 0 heterocycles. The zero-order valence-electron chi connectivity index (χ0n) is 11.5. The molecule has 1 rings (SSSR count). The Labute approximate surface area is 117 Å². The topological polar surface area (TPSA) is 95.9 Å². The molecular weight excluding hydrogens is 262 g/mol. The second-order valence-electron chi connectivity index (χ2n) is 4.53. The van der Waals surface area contributed by atoms with E-state index in [0.717, 1.165) is 0 Å². The molecule has 0 bridgehead atoms. The summed E-state index contributed by atoms with van der Waals surface area (Å²) in [5, 5.41) is 21.3. The van der Waals surface area contributed by atoms with Crippen LogP contribution in [0.15, 0.2) is 18.2 Å². The number of carbonyl (C=O) groups is 2. The number of carbonyl (C=O) groups excluding carboxylic acids is 1. The van der Waals surface area contributed by atoms with E-state index in [4.69, 9.17) is 9.84 Å². The van der Waals surface area contributed by atoms with Crippen LogP contribution in [0.1, 0.15) is 25.3 Å². The largest absolute Gasteiger partial charge is 0.508 e. The third-order valence-electron chi connectivity index (χ3n) is 2.87. The molecule has 0 saturated heterocycles. The summed E-state index contributed by atoms with van der Waals surface area (Å²) in [7, 11) is 1.50. The fraction of sp³-hybridized carbons (Fsp3) is 0.429. The first-order valence-electron chi connectivity index (χ1n) is 6.27. The van der Waals surface area contributed by atoms with E-state index in [0.29, 0.717) is 24.2 Å². The highest BCUT2D eigenvalue weighted by atomic mass is 16.5. The van der Waals surface area contributed by atoms with E-state index in [2.05, 4.69) is 5.32 Å². The molecule has 1 atom stereocenters. The van der Waals surface area contributed by atoms with Gasteiger partial charge in [-0.2, -0.15) is 0 Å². The second kappa shape index (κ2) is 7.37. The Bertz CT molecular complexity index is 486. The quantitative estimate of drug-likeness (QED) is 0.700. The Morgan fingerprint density at radius 1 is 1.40 bits per heavy atom. The van der Waals surface area contributed by atoms with Crippen LogP contribution >= 0.6 is 0 Å². The van der Waals surface area contributed by atoms with E-state index in [1.165, 1.54) is 20.1 Å². The van der Waals surface area contributed by atoms with Crippen molar-refractivity contribution in [2.45, 2.75) is 32.2 Å². The SMILES string of the molecule is COc1ccc(CC(CCC(=O)O)NC(C)=O)c(O)c1. The minimum absolute atomic E-state index is 0.0398. The maximum absolute atomic E-state index is 11.1. The summed E-state index contributed by atoms with van der Waals surface area (Å²) in [6.45, 7) is 1.38. The third-order valence-corrected chi connectivity index (χ3v) is 2.87. The van der Waals surface area contributed by atoms with Gasteiger partial charge in [-0.05, 0) is 24.5 Å². The van der Waals surface area contributed by atoms with Crippen molar-refractivity contribution in [3.05, 3.63) is 23.8 Å². The number of rotatable bonds is 7. The van der Waals surface area contributed by atoms with Crippen LogP contribution in [0.2, 0.25) is 0 Å². The lowest BCUT2D eigenvalue weighted by Gasteiger charge is -2.18. The molecule has 1 aromatic rings. The number of hydrogen-bond acceptors (Lipinski definition) is 4. The first-order chi connectivity index (χ1) is 9.42. The zero-order chi connectivity index (χ0) is 15.1. The molecular formula is C14H19NO5. The lowest BCUT2D eigenvalue weighted by molar-refractivity contribution is -0.137. The van der Waals surface area contributed by atoms with Gasteiger partial charge in [0.05, 0.1) is 7.11 Å². The van der Waals surface area contributed by atoms with E-state index in [9.17, 15) is 14.7 Å². The van der Waals surface area contributed by atoms with E-state index < -0.39 is 5.97 Å². The average molecular weight is 281 g/mol. The molecule has 20 heavy (non-hydrogen) atoms. The number of hydrogen-bond donors (Lipinski definition) is 3. The van der Waals surface area contributed by atoms with Gasteiger partial charge in [-0.1, -0.05) is 6.07 Å². The van der Waals surface area contributed by atoms with Crippen LogP contribution in [0, 0.1) is 0 Å². The number of aliphatic carboxylic acids is 1. The van der Waals surface area contributed by atoms with Crippen molar-refractivity contribution in [3.8, 4) is 11.5 Å². The summed E-state index contributed by atoms with van der Waals surface area (Å²) in [5.41, 5.74) is 0.634. The van der Waals surface area contributed by atoms with E-state index in [1.54, 1.807) is 12.1 Å². The molecule has 0 spiro atoms. The van der Waals surface area contributed by atoms with Crippen molar-refractivity contribution in [1.82, 2.24) is 5.32 Å². The van der Waals surface area contributed by atoms with Crippen molar-refractivity contribution >= 4 is 11.9 Å². The molecule has 0 aromatic heterocycles. The Kier molecular flexibility index (Phi) is 5.83. The van der Waals surface area contributed by atoms with Gasteiger partial charge in [0.2, 0.25) is 5.91 Å². The van der Waals surface area contributed by atoms with Crippen LogP contribution < -0.4 is 10.1 Å². The third kappa shape index (κ3) is 5.17. The monoisotopic (exact) mass is 281 g/mol. The normalized spacial score (nSPS) is 11.7. The summed E-state index contributed by atoms with van der Waals surface area (Å²) in [6, 6.07) is 4.56. The summed E-state index contributed by atoms with van der Waals surface area (Å²) in [4.78, 5) is 21.7. The molecule has 3 N–H and O–H groups in total. The van der Waals surface area contributed by atoms with Gasteiger partial charge in [0.15, 0.2) is 0 Å². The fourth-order valence-electron chi connectivity index (χ4n) is 1.92. The number of methoxy groups -OCH3 is 1. The van der Waals surface area contributed by atoms with Gasteiger partial charge in [-0.15, -0.1) is 0 Å². The van der Waals surface area contributed by atoms with Crippen LogP contribution in [0.5, 0.6) is 11.5 Å². The lowest BCUT2D eigenvalue weighted by atomic mass is 10.0. The van der Waals surface area contributed by atoms with Gasteiger partial charge in [0.25, 0.3) is 0 Å². The number of nitrogens with one attached hydrogen (secondary N) is 1. The van der Waals surface area contributed by atoms with Crippen LogP contribution in [0.25, 0.3) is 0 Å². The first-order valence-corrected chi connectivity index (χ1v) is 6.27. The highest BCUT2D eigenvalue weighted by Gasteiger charge is 2.15. The predicted octanol–water partition coefficient (Wildman–Crippen LogP) is 1.31. The van der Waals surface area contributed by atoms with Crippen LogP contribution in [-0.2, 0) is 16.0 Å². The maximum atomic E-state index is 11.1. The van der Waals surface area contributed by atoms with Crippen molar-refractivity contribution in [2.24, 2.45) is 0 Å². The number of phenols is 1. The Hall–Kier alpha value is -2.24. The molecule has 0 saturated carbocycles. The van der Waals surface area contributed by atoms with Gasteiger partial charge < -0.3 is 20.3 Å². The standard InChI is InChI=1S/C14H19NO5/c1-9(16)15-11(4-6-14(18)19)7-10-3-5-12(20-2)8-13(10)17/h3,5,8,11,17H,4,6-7H2,1-2H3,(H,15,16)(H,18,19). The van der Waals surface area contributed by atoms with Crippen LogP contribution in [0.3, 0.4) is 0 Å². The first kappa shape index (κ1) is 15.8. The number of aromatic hydroxyl groups is 1. The molecule has 110 valence electrons. The number of carboxylic acids is 1. The minimum atomic E-state index is -0.917. The number of benzene rings is 1. The summed E-state index contributed by atoms with van der Waals surface area (Å²) in [6.07, 6.45) is 0.630. The molecule has 0 fully saturated rings. The van der Waals surface area contributed by atoms with Crippen molar-refractivity contribution in [2.75, 3.05) is 7.11 Å². The van der Waals surface area contributed by atoms with Gasteiger partial charge in [-0.25, -0.2) is 0 Å². The fourth-order valence-corrected chi connectivity index (χ4v) is 1.92. The molecule has 0 aliphatic rings. The molecule has 0 aliphatic carbocycles. The summed E-state index contributed by atoms with van der Waals surface area (Å²) < 4.78 is 4.99. The van der Waals surface area contributed by atoms with Crippen molar-refractivity contribution < 1.29 is 24.5 Å². The van der Waals surface area contributed by atoms with Gasteiger partial charge >= 0.3 is 5.97 Å². The van der Waals surface area contributed by atoms with E-state index in [-0.39, 0.29) is 24.1 Å². The Morgan fingerprint density at radius 2 is 2.10 bits per heavy atom. The molecule has 0 radical (unpaired) electrons. The number of amides is 1. The van der Waals surface area contributed by atoms with Crippen LogP contribution in [0.4, 0.5) is 0 Å². The summed E-state index contributed by atoms with van der Waals surface area (Å²) >= 11 is 0. The van der Waals surface area contributed by atoms with Crippen LogP contribution in [-0.4, -0.2) is 35.2 Å². The highest BCUT2D eigenvalue weighted by molar-refractivity contribution is 5.73. The van der Waals surface area contributed by atoms with Gasteiger partial charge in [0, 0.05) is 25.5 Å². The smallest absolute Gasteiger partial charge is 0.303 e. The molecule has 6 nitrogen and oxygen atoms in total. The molecule has 1 amide bonds. The maximum Gasteiger partial charge on any atom is 0.303 e. The highest BCUT2D eigenvalue weighted by Crippen LogP contribution is 2.25. The number of phenolic OH excluding ortho intramolecular Hbond substituents is 1. The Morgan fingerprint density at radius 3 is 2.60 bits per heavy atom. The average Bonchev–Trinajstić information content (AvgIpc) is 2.37. The van der Waals surface area contributed by atoms with Crippen molar-refractivity contribution in [1.29, 1.82) is 0 Å². The molecule has 0 aliphatic heterocycles. The lowest BCUT2D eigenvalue weighted by Crippen LogP contribution is -2.35. The van der Waals surface area contributed by atoms with E-state index >= 15 is 0 Å². The Balaban J connectivity index is 2.77. The second-order valence-corrected chi connectivity index (χ2v) is 4.53. The summed E-state index contributed by atoms with van der Waals surface area (Å²) in [5.74, 6) is -0.546. The molecule has 1 aromatic carbocycles. The van der Waals surface area contributed by atoms with Gasteiger partial charge in [0.1, 0.15) is 11.5 Å². The number of ether oxygens (including phenoxy) is 1. The molecule has 1 unspecified atom stereocenters.